The summed E-state index contributed by atoms with van der Waals surface area (Å²) in [5.41, 5.74) is 0.188. The van der Waals surface area contributed by atoms with Gasteiger partial charge in [0.15, 0.2) is 11.5 Å². The molecule has 2 heterocycles. The van der Waals surface area contributed by atoms with Gasteiger partial charge in [-0.1, -0.05) is 0 Å². The smallest absolute Gasteiger partial charge is 0.250 e. The molecule has 0 saturated carbocycles. The predicted octanol–water partition coefficient (Wildman–Crippen LogP) is 2.79. The topological polar surface area (TPSA) is 66.6 Å². The van der Waals surface area contributed by atoms with E-state index in [0.717, 1.165) is 19.4 Å². The Morgan fingerprint density at radius 2 is 1.95 bits per heavy atom. The Morgan fingerprint density at radius 3 is 2.64 bits per heavy atom. The lowest BCUT2D eigenvalue weighted by Crippen LogP contribution is -2.15. The molecule has 1 saturated heterocycles. The monoisotopic (exact) mass is 308 g/mol. The minimum absolute atomic E-state index is 0.0678. The third kappa shape index (κ3) is 2.76. The number of aromatic nitrogens is 2. The predicted molar refractivity (Wildman–Crippen MR) is 75.6 cm³/mol. The third-order valence-electron chi connectivity index (χ3n) is 3.65. The number of nitrogens with zero attached hydrogens (tertiary/aromatic N) is 2. The van der Waals surface area contributed by atoms with Gasteiger partial charge in [0, 0.05) is 12.7 Å². The first-order valence-corrected chi connectivity index (χ1v) is 7.06. The third-order valence-corrected chi connectivity index (χ3v) is 3.65. The van der Waals surface area contributed by atoms with Crippen molar-refractivity contribution >= 4 is 0 Å². The standard InChI is InChI=1S/C15H17FN2O4/c1-19-12-6-10(11(16)7-13(12)20-2)15-18-17-14(22-15)9-4-3-5-21-8-9/h6-7,9H,3-5,8H2,1-2H3. The number of benzene rings is 1. The minimum atomic E-state index is -0.507. The van der Waals surface area contributed by atoms with Gasteiger partial charge in [-0.2, -0.15) is 0 Å². The lowest BCUT2D eigenvalue weighted by molar-refractivity contribution is 0.0727. The number of rotatable bonds is 4. The van der Waals surface area contributed by atoms with E-state index < -0.39 is 5.82 Å². The Morgan fingerprint density at radius 1 is 1.18 bits per heavy atom. The van der Waals surface area contributed by atoms with Gasteiger partial charge in [0.05, 0.1) is 32.3 Å². The van der Waals surface area contributed by atoms with Crippen LogP contribution in [0.1, 0.15) is 24.7 Å². The molecule has 3 rings (SSSR count). The number of methoxy groups -OCH3 is 2. The summed E-state index contributed by atoms with van der Waals surface area (Å²) in [6, 6.07) is 2.73. The molecule has 0 spiro atoms. The molecule has 0 amide bonds. The molecule has 118 valence electrons. The highest BCUT2D eigenvalue weighted by Crippen LogP contribution is 2.35. The quantitative estimate of drug-likeness (QED) is 0.865. The van der Waals surface area contributed by atoms with Crippen LogP contribution in [0.5, 0.6) is 11.5 Å². The van der Waals surface area contributed by atoms with Crippen LogP contribution in [-0.4, -0.2) is 37.6 Å². The normalized spacial score (nSPS) is 18.2. The summed E-state index contributed by atoms with van der Waals surface area (Å²) in [7, 11) is 2.93. The molecule has 6 nitrogen and oxygen atoms in total. The fourth-order valence-electron chi connectivity index (χ4n) is 2.46. The maximum atomic E-state index is 14.2. The summed E-state index contributed by atoms with van der Waals surface area (Å²) >= 11 is 0. The van der Waals surface area contributed by atoms with Crippen LogP contribution in [0.2, 0.25) is 0 Å². The molecule has 1 aliphatic heterocycles. The van der Waals surface area contributed by atoms with Gasteiger partial charge in [-0.05, 0) is 18.9 Å². The largest absolute Gasteiger partial charge is 0.493 e. The van der Waals surface area contributed by atoms with E-state index in [9.17, 15) is 4.39 Å². The summed E-state index contributed by atoms with van der Waals surface area (Å²) < 4.78 is 35.5. The van der Waals surface area contributed by atoms with Gasteiger partial charge in [0.2, 0.25) is 5.89 Å². The highest BCUT2D eigenvalue weighted by molar-refractivity contribution is 5.60. The number of halogens is 1. The van der Waals surface area contributed by atoms with Crippen LogP contribution in [0.25, 0.3) is 11.5 Å². The van der Waals surface area contributed by atoms with Crippen LogP contribution in [0.3, 0.4) is 0 Å². The minimum Gasteiger partial charge on any atom is -0.493 e. The molecule has 1 aliphatic rings. The van der Waals surface area contributed by atoms with Crippen molar-refractivity contribution in [2.24, 2.45) is 0 Å². The second kappa shape index (κ2) is 6.31. The summed E-state index contributed by atoms with van der Waals surface area (Å²) in [5.74, 6) is 0.873. The summed E-state index contributed by atoms with van der Waals surface area (Å²) in [6.07, 6.45) is 1.88. The van der Waals surface area contributed by atoms with Gasteiger partial charge in [-0.15, -0.1) is 10.2 Å². The zero-order chi connectivity index (χ0) is 15.5. The molecule has 1 fully saturated rings. The Bertz CT molecular complexity index is 653. The lowest BCUT2D eigenvalue weighted by atomic mass is 10.0. The molecule has 1 aromatic heterocycles. The molecule has 0 N–H and O–H groups in total. The van der Waals surface area contributed by atoms with E-state index in [0.29, 0.717) is 24.0 Å². The number of hydrogen-bond acceptors (Lipinski definition) is 6. The van der Waals surface area contributed by atoms with Crippen molar-refractivity contribution in [2.75, 3.05) is 27.4 Å². The lowest BCUT2D eigenvalue weighted by Gasteiger charge is -2.18. The molecular weight excluding hydrogens is 291 g/mol. The van der Waals surface area contributed by atoms with Crippen LogP contribution in [0.4, 0.5) is 4.39 Å². The zero-order valence-corrected chi connectivity index (χ0v) is 12.5. The molecule has 0 aliphatic carbocycles. The Kier molecular flexibility index (Phi) is 4.24. The van der Waals surface area contributed by atoms with E-state index in [1.807, 2.05) is 0 Å². The van der Waals surface area contributed by atoms with Crippen molar-refractivity contribution in [3.05, 3.63) is 23.8 Å². The van der Waals surface area contributed by atoms with Crippen molar-refractivity contribution < 1.29 is 23.0 Å². The summed E-state index contributed by atoms with van der Waals surface area (Å²) in [5, 5.41) is 7.96. The van der Waals surface area contributed by atoms with E-state index in [-0.39, 0.29) is 17.4 Å². The van der Waals surface area contributed by atoms with Crippen molar-refractivity contribution in [1.82, 2.24) is 10.2 Å². The van der Waals surface area contributed by atoms with Gasteiger partial charge in [0.25, 0.3) is 5.89 Å². The molecule has 1 atom stereocenters. The van der Waals surface area contributed by atoms with E-state index in [1.165, 1.54) is 26.4 Å². The molecule has 2 aromatic rings. The second-order valence-electron chi connectivity index (χ2n) is 5.05. The summed E-state index contributed by atoms with van der Waals surface area (Å²) in [6.45, 7) is 1.30. The first-order chi connectivity index (χ1) is 10.7. The first-order valence-electron chi connectivity index (χ1n) is 7.06. The van der Waals surface area contributed by atoms with Crippen molar-refractivity contribution in [2.45, 2.75) is 18.8 Å². The SMILES string of the molecule is COc1cc(F)c(-c2nnc(C3CCCOC3)o2)cc1OC. The van der Waals surface area contributed by atoms with Crippen LogP contribution in [0.15, 0.2) is 16.5 Å². The molecule has 7 heteroatoms. The van der Waals surface area contributed by atoms with Crippen molar-refractivity contribution in [3.63, 3.8) is 0 Å². The van der Waals surface area contributed by atoms with Gasteiger partial charge in [-0.3, -0.25) is 0 Å². The van der Waals surface area contributed by atoms with E-state index >= 15 is 0 Å². The maximum absolute atomic E-state index is 14.2. The molecule has 1 unspecified atom stereocenters. The fourth-order valence-corrected chi connectivity index (χ4v) is 2.46. The molecule has 0 bridgehead atoms. The molecular formula is C15H17FN2O4. The van der Waals surface area contributed by atoms with E-state index in [2.05, 4.69) is 10.2 Å². The Labute approximate surface area is 127 Å². The highest BCUT2D eigenvalue weighted by atomic mass is 19.1. The average Bonchev–Trinajstić information content (AvgIpc) is 3.05. The summed E-state index contributed by atoms with van der Waals surface area (Å²) in [4.78, 5) is 0. The first kappa shape index (κ1) is 14.8. The van der Waals surface area contributed by atoms with Crippen LogP contribution in [0, 0.1) is 5.82 Å². The van der Waals surface area contributed by atoms with Crippen LogP contribution >= 0.6 is 0 Å². The van der Waals surface area contributed by atoms with Crippen molar-refractivity contribution in [3.8, 4) is 23.0 Å². The fraction of sp³-hybridized carbons (Fsp3) is 0.467. The van der Waals surface area contributed by atoms with Gasteiger partial charge in [-0.25, -0.2) is 4.39 Å². The van der Waals surface area contributed by atoms with Gasteiger partial charge >= 0.3 is 0 Å². The van der Waals surface area contributed by atoms with Crippen LogP contribution < -0.4 is 9.47 Å². The van der Waals surface area contributed by atoms with Crippen molar-refractivity contribution in [1.29, 1.82) is 0 Å². The van der Waals surface area contributed by atoms with Gasteiger partial charge in [0.1, 0.15) is 5.82 Å². The Balaban J connectivity index is 1.92. The average molecular weight is 308 g/mol. The van der Waals surface area contributed by atoms with Gasteiger partial charge < -0.3 is 18.6 Å². The number of ether oxygens (including phenoxy) is 3. The molecule has 1 aromatic carbocycles. The highest BCUT2D eigenvalue weighted by Gasteiger charge is 2.24. The zero-order valence-electron chi connectivity index (χ0n) is 12.5. The van der Waals surface area contributed by atoms with E-state index in [1.54, 1.807) is 0 Å². The maximum Gasteiger partial charge on any atom is 0.250 e. The molecule has 22 heavy (non-hydrogen) atoms. The second-order valence-corrected chi connectivity index (χ2v) is 5.05. The Hall–Kier alpha value is -2.15. The van der Waals surface area contributed by atoms with Crippen LogP contribution in [-0.2, 0) is 4.74 Å². The molecule has 0 radical (unpaired) electrons. The van der Waals surface area contributed by atoms with E-state index in [4.69, 9.17) is 18.6 Å². The number of hydrogen-bond donors (Lipinski definition) is 0.